The number of carbonyl (C=O) groups is 1. The Balaban J connectivity index is 2.84. The van der Waals surface area contributed by atoms with Crippen molar-refractivity contribution in [1.29, 1.82) is 0 Å². The van der Waals surface area contributed by atoms with Gasteiger partial charge in [0.2, 0.25) is 0 Å². The van der Waals surface area contributed by atoms with Gasteiger partial charge in [-0.2, -0.15) is 0 Å². The summed E-state index contributed by atoms with van der Waals surface area (Å²) in [5.74, 6) is -0.569. The minimum atomic E-state index is -0.347. The molecule has 1 atom stereocenters. The average molecular weight is 330 g/mol. The normalized spacial score (nSPS) is 13.2. The second kappa shape index (κ2) is 6.51. The van der Waals surface area contributed by atoms with Crippen molar-refractivity contribution in [3.05, 3.63) is 35.1 Å². The van der Waals surface area contributed by atoms with Gasteiger partial charge in [0, 0.05) is 16.9 Å². The second-order valence-electron chi connectivity index (χ2n) is 5.83. The van der Waals surface area contributed by atoms with Gasteiger partial charge >= 0.3 is 0 Å². The van der Waals surface area contributed by atoms with Crippen LogP contribution in [0.15, 0.2) is 18.2 Å². The van der Waals surface area contributed by atoms with E-state index in [4.69, 9.17) is 0 Å². The van der Waals surface area contributed by atoms with Gasteiger partial charge in [0.1, 0.15) is 5.82 Å². The standard InChI is InChI=1S/C15H21BrFNO/c1-10-5-6-11(9-12(10)17)14(19)18-13(7-8-16)15(2,3)4/h5-6,9,13H,7-8H2,1-4H3,(H,18,19). The Morgan fingerprint density at radius 2 is 2.05 bits per heavy atom. The van der Waals surface area contributed by atoms with Crippen LogP contribution in [-0.4, -0.2) is 17.3 Å². The molecule has 0 heterocycles. The molecule has 0 bridgehead atoms. The maximum Gasteiger partial charge on any atom is 0.251 e. The van der Waals surface area contributed by atoms with E-state index in [1.165, 1.54) is 6.07 Å². The first-order valence-corrected chi connectivity index (χ1v) is 7.51. The van der Waals surface area contributed by atoms with Gasteiger partial charge in [-0.25, -0.2) is 4.39 Å². The highest BCUT2D eigenvalue weighted by Crippen LogP contribution is 2.23. The van der Waals surface area contributed by atoms with Crippen LogP contribution in [0.1, 0.15) is 43.1 Å². The van der Waals surface area contributed by atoms with Gasteiger partial charge in [-0.3, -0.25) is 4.79 Å². The molecule has 1 N–H and O–H groups in total. The number of aryl methyl sites for hydroxylation is 1. The number of alkyl halides is 1. The van der Waals surface area contributed by atoms with Crippen LogP contribution in [0.2, 0.25) is 0 Å². The van der Waals surface area contributed by atoms with E-state index < -0.39 is 0 Å². The van der Waals surface area contributed by atoms with Crippen molar-refractivity contribution in [3.8, 4) is 0 Å². The maximum atomic E-state index is 13.5. The minimum absolute atomic E-state index is 0.0350. The molecule has 2 nitrogen and oxygen atoms in total. The molecule has 0 fully saturated rings. The quantitative estimate of drug-likeness (QED) is 0.829. The third-order valence-corrected chi connectivity index (χ3v) is 3.64. The van der Waals surface area contributed by atoms with Gasteiger partial charge in [-0.15, -0.1) is 0 Å². The van der Waals surface area contributed by atoms with E-state index in [1.807, 2.05) is 0 Å². The lowest BCUT2D eigenvalue weighted by Crippen LogP contribution is -2.44. The van der Waals surface area contributed by atoms with Crippen molar-refractivity contribution in [1.82, 2.24) is 5.32 Å². The molecule has 0 aromatic heterocycles. The molecule has 0 spiro atoms. The van der Waals surface area contributed by atoms with E-state index in [0.29, 0.717) is 11.1 Å². The summed E-state index contributed by atoms with van der Waals surface area (Å²) in [6.07, 6.45) is 0.837. The summed E-state index contributed by atoms with van der Waals surface area (Å²) in [5.41, 5.74) is 0.878. The number of rotatable bonds is 4. The maximum absolute atomic E-state index is 13.5. The molecule has 1 rings (SSSR count). The van der Waals surface area contributed by atoms with E-state index in [1.54, 1.807) is 19.1 Å². The molecule has 1 unspecified atom stereocenters. The number of halogens is 2. The Labute approximate surface area is 122 Å². The topological polar surface area (TPSA) is 29.1 Å². The molecular weight excluding hydrogens is 309 g/mol. The van der Waals surface area contributed by atoms with Crippen molar-refractivity contribution in [2.45, 2.75) is 40.2 Å². The van der Waals surface area contributed by atoms with Crippen LogP contribution in [0.5, 0.6) is 0 Å². The number of amides is 1. The highest BCUT2D eigenvalue weighted by Gasteiger charge is 2.26. The van der Waals surface area contributed by atoms with Crippen molar-refractivity contribution in [2.75, 3.05) is 5.33 Å². The lowest BCUT2D eigenvalue weighted by molar-refractivity contribution is 0.0900. The van der Waals surface area contributed by atoms with Crippen LogP contribution in [0.4, 0.5) is 4.39 Å². The van der Waals surface area contributed by atoms with E-state index in [9.17, 15) is 9.18 Å². The molecular formula is C15H21BrFNO. The van der Waals surface area contributed by atoms with Crippen molar-refractivity contribution >= 4 is 21.8 Å². The van der Waals surface area contributed by atoms with E-state index in [-0.39, 0.29) is 23.2 Å². The Morgan fingerprint density at radius 1 is 1.42 bits per heavy atom. The second-order valence-corrected chi connectivity index (χ2v) is 6.63. The molecule has 1 amide bonds. The van der Waals surface area contributed by atoms with Crippen molar-refractivity contribution < 1.29 is 9.18 Å². The first kappa shape index (κ1) is 16.2. The van der Waals surface area contributed by atoms with Gasteiger partial charge in [-0.05, 0) is 36.5 Å². The van der Waals surface area contributed by atoms with E-state index in [2.05, 4.69) is 42.0 Å². The Hall–Kier alpha value is -0.900. The fourth-order valence-corrected chi connectivity index (χ4v) is 2.26. The average Bonchev–Trinajstić information content (AvgIpc) is 2.30. The molecule has 0 aliphatic heterocycles. The number of benzene rings is 1. The zero-order chi connectivity index (χ0) is 14.6. The molecule has 19 heavy (non-hydrogen) atoms. The highest BCUT2D eigenvalue weighted by molar-refractivity contribution is 9.09. The summed E-state index contributed by atoms with van der Waals surface area (Å²) in [6, 6.07) is 4.62. The predicted octanol–water partition coefficient (Wildman–Crippen LogP) is 4.06. The molecule has 1 aromatic carbocycles. The minimum Gasteiger partial charge on any atom is -0.349 e. The van der Waals surface area contributed by atoms with Gasteiger partial charge in [0.15, 0.2) is 0 Å². The fraction of sp³-hybridized carbons (Fsp3) is 0.533. The largest absolute Gasteiger partial charge is 0.349 e. The lowest BCUT2D eigenvalue weighted by atomic mass is 9.85. The highest BCUT2D eigenvalue weighted by atomic mass is 79.9. The zero-order valence-corrected chi connectivity index (χ0v) is 13.5. The van der Waals surface area contributed by atoms with Gasteiger partial charge < -0.3 is 5.32 Å². The lowest BCUT2D eigenvalue weighted by Gasteiger charge is -2.31. The number of carbonyl (C=O) groups excluding carboxylic acids is 1. The van der Waals surface area contributed by atoms with E-state index >= 15 is 0 Å². The van der Waals surface area contributed by atoms with Crippen molar-refractivity contribution in [2.24, 2.45) is 5.41 Å². The van der Waals surface area contributed by atoms with Crippen LogP contribution >= 0.6 is 15.9 Å². The van der Waals surface area contributed by atoms with Crippen LogP contribution in [-0.2, 0) is 0 Å². The number of hydrogen-bond acceptors (Lipinski definition) is 1. The predicted molar refractivity (Wildman–Crippen MR) is 80.3 cm³/mol. The van der Waals surface area contributed by atoms with Gasteiger partial charge in [0.25, 0.3) is 5.91 Å². The summed E-state index contributed by atoms with van der Waals surface area (Å²) in [7, 11) is 0. The van der Waals surface area contributed by atoms with E-state index in [0.717, 1.165) is 11.8 Å². The van der Waals surface area contributed by atoms with Crippen molar-refractivity contribution in [3.63, 3.8) is 0 Å². The first-order chi connectivity index (χ1) is 8.75. The number of hydrogen-bond donors (Lipinski definition) is 1. The third-order valence-electron chi connectivity index (χ3n) is 3.18. The molecule has 0 saturated carbocycles. The summed E-state index contributed by atoms with van der Waals surface area (Å²) < 4.78 is 13.5. The van der Waals surface area contributed by atoms with Crippen LogP contribution in [0, 0.1) is 18.2 Å². The monoisotopic (exact) mass is 329 g/mol. The third kappa shape index (κ3) is 4.60. The summed E-state index contributed by atoms with van der Waals surface area (Å²) in [5, 5.41) is 3.80. The molecule has 0 aliphatic carbocycles. The smallest absolute Gasteiger partial charge is 0.251 e. The van der Waals surface area contributed by atoms with Crippen LogP contribution in [0.25, 0.3) is 0 Å². The number of nitrogens with one attached hydrogen (secondary N) is 1. The zero-order valence-electron chi connectivity index (χ0n) is 11.9. The fourth-order valence-electron chi connectivity index (χ4n) is 1.81. The van der Waals surface area contributed by atoms with Gasteiger partial charge in [0.05, 0.1) is 0 Å². The summed E-state index contributed by atoms with van der Waals surface area (Å²) in [4.78, 5) is 12.1. The van der Waals surface area contributed by atoms with Gasteiger partial charge in [-0.1, -0.05) is 42.8 Å². The molecule has 0 radical (unpaired) electrons. The first-order valence-electron chi connectivity index (χ1n) is 6.38. The Kier molecular flexibility index (Phi) is 5.53. The summed E-state index contributed by atoms with van der Waals surface area (Å²) >= 11 is 3.40. The Bertz CT molecular complexity index is 454. The van der Waals surface area contributed by atoms with Crippen LogP contribution in [0.3, 0.4) is 0 Å². The SMILES string of the molecule is Cc1ccc(C(=O)NC(CCBr)C(C)(C)C)cc1F. The Morgan fingerprint density at radius 3 is 2.53 bits per heavy atom. The van der Waals surface area contributed by atoms with Crippen LogP contribution < -0.4 is 5.32 Å². The summed E-state index contributed by atoms with van der Waals surface area (Å²) in [6.45, 7) is 7.92. The molecule has 106 valence electrons. The molecule has 0 saturated heterocycles. The molecule has 1 aromatic rings. The molecule has 4 heteroatoms. The molecule has 0 aliphatic rings.